The second-order valence-electron chi connectivity index (χ2n) is 2.44. The molecule has 0 fully saturated rings. The molecule has 1 aromatic rings. The van der Waals surface area contributed by atoms with Crippen LogP contribution in [0.25, 0.3) is 0 Å². The van der Waals surface area contributed by atoms with E-state index in [1.54, 1.807) is 12.1 Å². The van der Waals surface area contributed by atoms with Gasteiger partial charge in [-0.1, -0.05) is 0 Å². The minimum atomic E-state index is 0.0301. The molecule has 0 spiro atoms. The summed E-state index contributed by atoms with van der Waals surface area (Å²) in [6.45, 7) is 0. The Morgan fingerprint density at radius 1 is 1.57 bits per heavy atom. The standard InChI is InChI=1S/C9H10N2O3/c1-14-9-3-2-7(4-8(9)13)5-10-11-6-12/h2-6,13H,1H3,(H,11,12)/b10-5+. The van der Waals surface area contributed by atoms with E-state index in [0.29, 0.717) is 17.7 Å². The van der Waals surface area contributed by atoms with Crippen LogP contribution in [0.1, 0.15) is 5.56 Å². The molecule has 0 aliphatic heterocycles. The normalized spacial score (nSPS) is 10.1. The Bertz CT molecular complexity index is 350. The largest absolute Gasteiger partial charge is 0.504 e. The van der Waals surface area contributed by atoms with Crippen LogP contribution in [-0.4, -0.2) is 24.8 Å². The van der Waals surface area contributed by atoms with Crippen LogP contribution < -0.4 is 10.2 Å². The molecule has 0 bridgehead atoms. The molecular weight excluding hydrogens is 184 g/mol. The third-order valence-electron chi connectivity index (χ3n) is 1.54. The summed E-state index contributed by atoms with van der Waals surface area (Å²) in [6, 6.07) is 4.79. The van der Waals surface area contributed by atoms with E-state index in [9.17, 15) is 9.90 Å². The minimum absolute atomic E-state index is 0.0301. The Balaban J connectivity index is 2.80. The number of benzene rings is 1. The first-order valence-electron chi connectivity index (χ1n) is 3.87. The number of carbonyl (C=O) groups is 1. The van der Waals surface area contributed by atoms with Crippen LogP contribution in [0.3, 0.4) is 0 Å². The monoisotopic (exact) mass is 194 g/mol. The number of ether oxygens (including phenoxy) is 1. The predicted molar refractivity (Wildman–Crippen MR) is 51.5 cm³/mol. The fourth-order valence-corrected chi connectivity index (χ4v) is 0.930. The number of carbonyl (C=O) groups excluding carboxylic acids is 1. The maximum atomic E-state index is 9.87. The van der Waals surface area contributed by atoms with Gasteiger partial charge in [0.1, 0.15) is 0 Å². The second-order valence-corrected chi connectivity index (χ2v) is 2.44. The van der Waals surface area contributed by atoms with Crippen molar-refractivity contribution in [2.45, 2.75) is 0 Å². The zero-order valence-electron chi connectivity index (χ0n) is 7.60. The summed E-state index contributed by atoms with van der Waals surface area (Å²) in [5.41, 5.74) is 2.79. The van der Waals surface area contributed by atoms with Crippen LogP contribution >= 0.6 is 0 Å². The lowest BCUT2D eigenvalue weighted by Crippen LogP contribution is -2.00. The summed E-state index contributed by atoms with van der Waals surface area (Å²) in [5.74, 6) is 0.424. The van der Waals surface area contributed by atoms with Crippen molar-refractivity contribution in [1.29, 1.82) is 0 Å². The van der Waals surface area contributed by atoms with E-state index in [-0.39, 0.29) is 5.75 Å². The number of nitrogens with one attached hydrogen (secondary N) is 1. The fourth-order valence-electron chi connectivity index (χ4n) is 0.930. The van der Waals surface area contributed by atoms with E-state index in [1.807, 2.05) is 0 Å². The molecule has 1 aromatic carbocycles. The van der Waals surface area contributed by atoms with Gasteiger partial charge in [-0.05, 0) is 23.8 Å². The number of phenolic OH excluding ortho intramolecular Hbond substituents is 1. The average molecular weight is 194 g/mol. The lowest BCUT2D eigenvalue weighted by molar-refractivity contribution is -0.109. The Kier molecular flexibility index (Phi) is 3.49. The molecule has 14 heavy (non-hydrogen) atoms. The molecule has 0 unspecified atom stereocenters. The Labute approximate surface area is 81.0 Å². The molecule has 0 radical (unpaired) electrons. The molecule has 2 N–H and O–H groups in total. The first-order chi connectivity index (χ1) is 6.77. The van der Waals surface area contributed by atoms with Gasteiger partial charge in [0.15, 0.2) is 11.5 Å². The molecule has 0 saturated carbocycles. The number of amides is 1. The van der Waals surface area contributed by atoms with Gasteiger partial charge in [0.2, 0.25) is 6.41 Å². The van der Waals surface area contributed by atoms with Crippen molar-refractivity contribution in [3.05, 3.63) is 23.8 Å². The highest BCUT2D eigenvalue weighted by Crippen LogP contribution is 2.25. The molecule has 0 aliphatic carbocycles. The molecule has 74 valence electrons. The van der Waals surface area contributed by atoms with Crippen LogP contribution in [-0.2, 0) is 4.79 Å². The highest BCUT2D eigenvalue weighted by molar-refractivity contribution is 5.81. The van der Waals surface area contributed by atoms with Gasteiger partial charge in [0.05, 0.1) is 13.3 Å². The van der Waals surface area contributed by atoms with Crippen molar-refractivity contribution in [2.75, 3.05) is 7.11 Å². The summed E-state index contributed by atoms with van der Waals surface area (Å²) in [5, 5.41) is 12.9. The van der Waals surface area contributed by atoms with E-state index < -0.39 is 0 Å². The van der Waals surface area contributed by atoms with Crippen molar-refractivity contribution in [2.24, 2.45) is 5.10 Å². The van der Waals surface area contributed by atoms with Crippen molar-refractivity contribution < 1.29 is 14.6 Å². The zero-order chi connectivity index (χ0) is 10.4. The molecule has 0 atom stereocenters. The molecule has 1 rings (SSSR count). The van der Waals surface area contributed by atoms with Gasteiger partial charge in [-0.15, -0.1) is 0 Å². The lowest BCUT2D eigenvalue weighted by atomic mass is 10.2. The number of aromatic hydroxyl groups is 1. The number of nitrogens with zero attached hydrogens (tertiary/aromatic N) is 1. The van der Waals surface area contributed by atoms with Gasteiger partial charge < -0.3 is 9.84 Å². The predicted octanol–water partition coefficient (Wildman–Crippen LogP) is 0.481. The summed E-state index contributed by atoms with van der Waals surface area (Å²) >= 11 is 0. The fraction of sp³-hybridized carbons (Fsp3) is 0.111. The van der Waals surface area contributed by atoms with Crippen molar-refractivity contribution >= 4 is 12.6 Å². The van der Waals surface area contributed by atoms with Gasteiger partial charge in [0, 0.05) is 0 Å². The smallest absolute Gasteiger partial charge is 0.227 e. The van der Waals surface area contributed by atoms with Crippen LogP contribution in [0, 0.1) is 0 Å². The number of hydrogen-bond donors (Lipinski definition) is 2. The molecule has 0 saturated heterocycles. The van der Waals surface area contributed by atoms with Gasteiger partial charge >= 0.3 is 0 Å². The van der Waals surface area contributed by atoms with E-state index in [4.69, 9.17) is 4.74 Å². The van der Waals surface area contributed by atoms with E-state index in [2.05, 4.69) is 10.5 Å². The van der Waals surface area contributed by atoms with E-state index >= 15 is 0 Å². The summed E-state index contributed by atoms with van der Waals surface area (Å²) in [6.07, 6.45) is 1.87. The Morgan fingerprint density at radius 3 is 2.93 bits per heavy atom. The van der Waals surface area contributed by atoms with Gasteiger partial charge in [-0.25, -0.2) is 5.43 Å². The topological polar surface area (TPSA) is 70.9 Å². The van der Waals surface area contributed by atoms with E-state index in [0.717, 1.165) is 0 Å². The third kappa shape index (κ3) is 2.48. The molecule has 0 aliphatic rings. The SMILES string of the molecule is COc1ccc(/C=N/NC=O)cc1O. The van der Waals surface area contributed by atoms with Gasteiger partial charge in [-0.2, -0.15) is 5.10 Å². The molecule has 1 amide bonds. The number of hydrazone groups is 1. The molecule has 0 heterocycles. The van der Waals surface area contributed by atoms with Crippen LogP contribution in [0.15, 0.2) is 23.3 Å². The second kappa shape index (κ2) is 4.86. The number of methoxy groups -OCH3 is 1. The van der Waals surface area contributed by atoms with Crippen LogP contribution in [0.5, 0.6) is 11.5 Å². The van der Waals surface area contributed by atoms with E-state index in [1.165, 1.54) is 19.4 Å². The maximum Gasteiger partial charge on any atom is 0.227 e. The van der Waals surface area contributed by atoms with Crippen LogP contribution in [0.4, 0.5) is 0 Å². The van der Waals surface area contributed by atoms with Crippen molar-refractivity contribution in [3.8, 4) is 11.5 Å². The highest BCUT2D eigenvalue weighted by Gasteiger charge is 1.99. The first-order valence-corrected chi connectivity index (χ1v) is 3.87. The quantitative estimate of drug-likeness (QED) is 0.416. The number of rotatable bonds is 4. The lowest BCUT2D eigenvalue weighted by Gasteiger charge is -2.02. The highest BCUT2D eigenvalue weighted by atomic mass is 16.5. The van der Waals surface area contributed by atoms with Gasteiger partial charge in [0.25, 0.3) is 0 Å². The van der Waals surface area contributed by atoms with Crippen LogP contribution in [0.2, 0.25) is 0 Å². The zero-order valence-corrected chi connectivity index (χ0v) is 7.60. The number of hydrogen-bond acceptors (Lipinski definition) is 4. The van der Waals surface area contributed by atoms with Crippen molar-refractivity contribution in [1.82, 2.24) is 5.43 Å². The summed E-state index contributed by atoms with van der Waals surface area (Å²) < 4.78 is 4.86. The molecule has 5 nitrogen and oxygen atoms in total. The summed E-state index contributed by atoms with van der Waals surface area (Å²) in [7, 11) is 1.47. The first kappa shape index (κ1) is 10.0. The molecule has 5 heteroatoms. The molecular formula is C9H10N2O3. The third-order valence-corrected chi connectivity index (χ3v) is 1.54. The van der Waals surface area contributed by atoms with Crippen molar-refractivity contribution in [3.63, 3.8) is 0 Å². The average Bonchev–Trinajstić information content (AvgIpc) is 2.18. The summed E-state index contributed by atoms with van der Waals surface area (Å²) in [4.78, 5) is 9.87. The maximum absolute atomic E-state index is 9.87. The Morgan fingerprint density at radius 2 is 2.36 bits per heavy atom. The Hall–Kier alpha value is -2.04. The number of phenols is 1. The van der Waals surface area contributed by atoms with Gasteiger partial charge in [-0.3, -0.25) is 4.79 Å². The minimum Gasteiger partial charge on any atom is -0.504 e. The molecule has 0 aromatic heterocycles.